The Labute approximate surface area is 95.9 Å². The Morgan fingerprint density at radius 1 is 1.50 bits per heavy atom. The molecule has 0 aromatic carbocycles. The van der Waals surface area contributed by atoms with E-state index in [1.165, 1.54) is 4.90 Å². The van der Waals surface area contributed by atoms with Crippen molar-refractivity contribution in [1.82, 2.24) is 4.90 Å². The third-order valence-corrected chi connectivity index (χ3v) is 2.06. The van der Waals surface area contributed by atoms with Crippen LogP contribution in [-0.2, 0) is 9.47 Å². The van der Waals surface area contributed by atoms with E-state index in [-0.39, 0.29) is 18.7 Å². The first-order valence-electron chi connectivity index (χ1n) is 5.35. The van der Waals surface area contributed by atoms with Crippen LogP contribution in [0.2, 0.25) is 0 Å². The molecule has 0 N–H and O–H groups in total. The molecule has 2 atom stereocenters. The smallest absolute Gasteiger partial charge is 0.410 e. The van der Waals surface area contributed by atoms with Crippen molar-refractivity contribution in [1.29, 1.82) is 5.26 Å². The van der Waals surface area contributed by atoms with Gasteiger partial charge < -0.3 is 14.4 Å². The van der Waals surface area contributed by atoms with E-state index in [1.54, 1.807) is 0 Å². The van der Waals surface area contributed by atoms with Gasteiger partial charge >= 0.3 is 6.09 Å². The van der Waals surface area contributed by atoms with Gasteiger partial charge in [0.15, 0.2) is 6.10 Å². The van der Waals surface area contributed by atoms with E-state index in [4.69, 9.17) is 14.7 Å². The molecular weight excluding hydrogens is 208 g/mol. The van der Waals surface area contributed by atoms with E-state index in [9.17, 15) is 4.79 Å². The molecule has 16 heavy (non-hydrogen) atoms. The largest absolute Gasteiger partial charge is 0.444 e. The molecule has 0 radical (unpaired) electrons. The van der Waals surface area contributed by atoms with Gasteiger partial charge in [-0.25, -0.2) is 4.79 Å². The number of amides is 1. The zero-order chi connectivity index (χ0) is 12.3. The first kappa shape index (κ1) is 12.8. The average Bonchev–Trinajstić information content (AvgIpc) is 2.14. The minimum atomic E-state index is -0.559. The average molecular weight is 226 g/mol. The van der Waals surface area contributed by atoms with Gasteiger partial charge in [0.2, 0.25) is 0 Å². The molecule has 90 valence electrons. The third kappa shape index (κ3) is 3.70. The quantitative estimate of drug-likeness (QED) is 0.628. The highest BCUT2D eigenvalue weighted by atomic mass is 16.6. The second kappa shape index (κ2) is 4.71. The molecule has 1 amide bonds. The number of nitriles is 1. The Morgan fingerprint density at radius 2 is 2.12 bits per heavy atom. The van der Waals surface area contributed by atoms with Crippen molar-refractivity contribution >= 4 is 6.09 Å². The van der Waals surface area contributed by atoms with E-state index in [1.807, 2.05) is 33.8 Å². The molecule has 0 aromatic rings. The predicted molar refractivity (Wildman–Crippen MR) is 57.8 cm³/mol. The zero-order valence-electron chi connectivity index (χ0n) is 10.2. The Bertz CT molecular complexity index is 303. The SMILES string of the molecule is C[C@@H]1CN(C(=O)OC(C)(C)C)C[C@H](C#N)O1. The predicted octanol–water partition coefficient (Wildman–Crippen LogP) is 1.53. The van der Waals surface area contributed by atoms with E-state index in [2.05, 4.69) is 0 Å². The number of morpholine rings is 1. The van der Waals surface area contributed by atoms with Gasteiger partial charge in [0.05, 0.1) is 25.3 Å². The number of hydrogen-bond acceptors (Lipinski definition) is 4. The van der Waals surface area contributed by atoms with Crippen LogP contribution in [0.1, 0.15) is 27.7 Å². The lowest BCUT2D eigenvalue weighted by atomic mass is 10.2. The first-order valence-corrected chi connectivity index (χ1v) is 5.35. The summed E-state index contributed by atoms with van der Waals surface area (Å²) < 4.78 is 10.6. The van der Waals surface area contributed by atoms with Crippen molar-refractivity contribution in [2.75, 3.05) is 13.1 Å². The van der Waals surface area contributed by atoms with E-state index in [0.29, 0.717) is 6.54 Å². The van der Waals surface area contributed by atoms with Crippen LogP contribution >= 0.6 is 0 Å². The van der Waals surface area contributed by atoms with Crippen molar-refractivity contribution in [3.8, 4) is 6.07 Å². The Hall–Kier alpha value is -1.28. The zero-order valence-corrected chi connectivity index (χ0v) is 10.2. The van der Waals surface area contributed by atoms with Crippen LogP contribution in [0.3, 0.4) is 0 Å². The number of ether oxygens (including phenoxy) is 2. The van der Waals surface area contributed by atoms with E-state index in [0.717, 1.165) is 0 Å². The standard InChI is InChI=1S/C11H18N2O3/c1-8-6-13(7-9(5-12)15-8)10(14)16-11(2,3)4/h8-9H,6-7H2,1-4H3/t8-,9+/m1/s1. The minimum absolute atomic E-state index is 0.133. The van der Waals surface area contributed by atoms with Crippen LogP contribution in [0, 0.1) is 11.3 Å². The van der Waals surface area contributed by atoms with Crippen LogP contribution in [0.25, 0.3) is 0 Å². The highest BCUT2D eigenvalue weighted by molar-refractivity contribution is 5.68. The van der Waals surface area contributed by atoms with Gasteiger partial charge in [-0.15, -0.1) is 0 Å². The Morgan fingerprint density at radius 3 is 2.62 bits per heavy atom. The van der Waals surface area contributed by atoms with E-state index >= 15 is 0 Å². The number of carbonyl (C=O) groups is 1. The van der Waals surface area contributed by atoms with Gasteiger partial charge in [0, 0.05) is 0 Å². The van der Waals surface area contributed by atoms with Gasteiger partial charge in [0.1, 0.15) is 5.60 Å². The molecule has 1 fully saturated rings. The highest BCUT2D eigenvalue weighted by Gasteiger charge is 2.31. The fourth-order valence-electron chi connectivity index (χ4n) is 1.50. The number of rotatable bonds is 0. The molecule has 1 rings (SSSR count). The van der Waals surface area contributed by atoms with Gasteiger partial charge in [-0.1, -0.05) is 0 Å². The monoisotopic (exact) mass is 226 g/mol. The van der Waals surface area contributed by atoms with Gasteiger partial charge in [0.25, 0.3) is 0 Å². The molecule has 0 unspecified atom stereocenters. The summed E-state index contributed by atoms with van der Waals surface area (Å²) in [6, 6.07) is 2.01. The Balaban J connectivity index is 2.59. The van der Waals surface area contributed by atoms with Gasteiger partial charge in [-0.05, 0) is 27.7 Å². The van der Waals surface area contributed by atoms with Crippen molar-refractivity contribution in [2.45, 2.75) is 45.5 Å². The second-order valence-electron chi connectivity index (χ2n) is 4.95. The maximum Gasteiger partial charge on any atom is 0.410 e. The molecule has 0 aliphatic carbocycles. The van der Waals surface area contributed by atoms with Gasteiger partial charge in [-0.2, -0.15) is 5.26 Å². The highest BCUT2D eigenvalue weighted by Crippen LogP contribution is 2.15. The van der Waals surface area contributed by atoms with Gasteiger partial charge in [-0.3, -0.25) is 0 Å². The molecular formula is C11H18N2O3. The Kier molecular flexibility index (Phi) is 3.76. The molecule has 5 heteroatoms. The fourth-order valence-corrected chi connectivity index (χ4v) is 1.50. The number of nitrogens with zero attached hydrogens (tertiary/aromatic N) is 2. The lowest BCUT2D eigenvalue weighted by Gasteiger charge is -2.34. The topological polar surface area (TPSA) is 62.6 Å². The third-order valence-electron chi connectivity index (χ3n) is 2.06. The van der Waals surface area contributed by atoms with Crippen molar-refractivity contribution in [2.24, 2.45) is 0 Å². The first-order chi connectivity index (χ1) is 7.31. The van der Waals surface area contributed by atoms with Crippen LogP contribution in [0.5, 0.6) is 0 Å². The number of carbonyl (C=O) groups excluding carboxylic acids is 1. The van der Waals surface area contributed by atoms with Crippen LogP contribution in [-0.4, -0.2) is 41.9 Å². The lowest BCUT2D eigenvalue weighted by molar-refractivity contribution is -0.0592. The molecule has 1 saturated heterocycles. The second-order valence-corrected chi connectivity index (χ2v) is 4.95. The number of hydrogen-bond donors (Lipinski definition) is 0. The summed E-state index contributed by atoms with van der Waals surface area (Å²) in [7, 11) is 0. The molecule has 1 aliphatic heterocycles. The maximum atomic E-state index is 11.8. The molecule has 0 aromatic heterocycles. The minimum Gasteiger partial charge on any atom is -0.444 e. The summed E-state index contributed by atoms with van der Waals surface area (Å²) in [5, 5.41) is 8.79. The molecule has 5 nitrogen and oxygen atoms in total. The molecule has 0 saturated carbocycles. The summed E-state index contributed by atoms with van der Waals surface area (Å²) in [6.45, 7) is 8.02. The molecule has 1 heterocycles. The van der Waals surface area contributed by atoms with E-state index < -0.39 is 11.7 Å². The summed E-state index contributed by atoms with van der Waals surface area (Å²) >= 11 is 0. The van der Waals surface area contributed by atoms with Crippen LogP contribution < -0.4 is 0 Å². The summed E-state index contributed by atoms with van der Waals surface area (Å²) in [5.41, 5.74) is -0.513. The molecule has 0 spiro atoms. The van der Waals surface area contributed by atoms with Crippen LogP contribution in [0.15, 0.2) is 0 Å². The van der Waals surface area contributed by atoms with Crippen LogP contribution in [0.4, 0.5) is 4.79 Å². The maximum absolute atomic E-state index is 11.8. The fraction of sp³-hybridized carbons (Fsp3) is 0.818. The lowest BCUT2D eigenvalue weighted by Crippen LogP contribution is -2.50. The summed E-state index contributed by atoms with van der Waals surface area (Å²) in [6.07, 6.45) is -1.08. The van der Waals surface area contributed by atoms with Crippen molar-refractivity contribution < 1.29 is 14.3 Å². The summed E-state index contributed by atoms with van der Waals surface area (Å²) in [5.74, 6) is 0. The molecule has 1 aliphatic rings. The normalized spacial score (nSPS) is 26.1. The van der Waals surface area contributed by atoms with Crippen molar-refractivity contribution in [3.05, 3.63) is 0 Å². The van der Waals surface area contributed by atoms with Crippen molar-refractivity contribution in [3.63, 3.8) is 0 Å². The molecule has 0 bridgehead atoms. The summed E-state index contributed by atoms with van der Waals surface area (Å²) in [4.78, 5) is 13.3.